The van der Waals surface area contributed by atoms with Crippen molar-refractivity contribution in [3.8, 4) is 0 Å². The van der Waals surface area contributed by atoms with E-state index in [0.29, 0.717) is 11.3 Å². The Bertz CT molecular complexity index is 1240. The fraction of sp³-hybridized carbons (Fsp3) is 0.250. The minimum atomic E-state index is -0.639. The summed E-state index contributed by atoms with van der Waals surface area (Å²) in [5.41, 5.74) is 12.9. The molecule has 1 atom stereocenters. The molecule has 0 saturated carbocycles. The van der Waals surface area contributed by atoms with Crippen molar-refractivity contribution in [1.82, 2.24) is 5.32 Å². The van der Waals surface area contributed by atoms with Gasteiger partial charge in [0.25, 0.3) is 0 Å². The number of fused-ring (bicyclic) bond motifs is 1. The molecule has 0 saturated heterocycles. The highest BCUT2D eigenvalue weighted by Gasteiger charge is 2.16. The van der Waals surface area contributed by atoms with Gasteiger partial charge < -0.3 is 31.3 Å². The van der Waals surface area contributed by atoms with E-state index in [4.69, 9.17) is 20.6 Å². The van der Waals surface area contributed by atoms with E-state index in [-0.39, 0.29) is 37.9 Å². The maximum atomic E-state index is 12.5. The molecule has 3 aromatic rings. The van der Waals surface area contributed by atoms with Gasteiger partial charge in [0.15, 0.2) is 5.96 Å². The lowest BCUT2D eigenvalue weighted by Gasteiger charge is -2.17. The molecule has 1 aromatic heterocycles. The van der Waals surface area contributed by atoms with Crippen molar-refractivity contribution in [1.29, 1.82) is 0 Å². The van der Waals surface area contributed by atoms with Crippen molar-refractivity contribution >= 4 is 34.6 Å². The van der Waals surface area contributed by atoms with Gasteiger partial charge in [0.2, 0.25) is 5.91 Å². The monoisotopic (exact) mass is 465 g/mol. The van der Waals surface area contributed by atoms with Gasteiger partial charge in [-0.15, -0.1) is 0 Å². The quantitative estimate of drug-likeness (QED) is 0.214. The second-order valence-corrected chi connectivity index (χ2v) is 7.71. The molecule has 0 aliphatic carbocycles. The minimum absolute atomic E-state index is 0.0828. The molecular weight excluding hydrogens is 438 g/mol. The third-order valence-electron chi connectivity index (χ3n) is 4.98. The second-order valence-electron chi connectivity index (χ2n) is 7.71. The molecule has 10 nitrogen and oxygen atoms in total. The Morgan fingerprint density at radius 1 is 1.12 bits per heavy atom. The summed E-state index contributed by atoms with van der Waals surface area (Å²) in [6, 6.07) is 15.2. The normalized spacial score (nSPS) is 11.4. The van der Waals surface area contributed by atoms with Gasteiger partial charge >= 0.3 is 11.7 Å². The number of ether oxygens (including phenoxy) is 1. The maximum Gasteiger partial charge on any atom is 0.407 e. The summed E-state index contributed by atoms with van der Waals surface area (Å²) in [5.74, 6) is -0.412. The Labute approximate surface area is 196 Å². The van der Waals surface area contributed by atoms with Gasteiger partial charge in [0.05, 0.1) is 12.6 Å². The van der Waals surface area contributed by atoms with Gasteiger partial charge in [-0.05, 0) is 36.6 Å². The van der Waals surface area contributed by atoms with Crippen molar-refractivity contribution in [3.63, 3.8) is 0 Å². The Morgan fingerprint density at radius 3 is 2.62 bits per heavy atom. The number of aryl methyl sites for hydroxylation is 1. The van der Waals surface area contributed by atoms with Crippen LogP contribution in [0, 0.1) is 6.92 Å². The number of amides is 2. The van der Waals surface area contributed by atoms with E-state index in [1.807, 2.05) is 37.3 Å². The van der Waals surface area contributed by atoms with E-state index in [1.165, 1.54) is 6.07 Å². The molecule has 0 spiro atoms. The van der Waals surface area contributed by atoms with E-state index in [1.54, 1.807) is 18.2 Å². The summed E-state index contributed by atoms with van der Waals surface area (Å²) in [4.78, 5) is 40.2. The van der Waals surface area contributed by atoms with Crippen molar-refractivity contribution in [2.75, 3.05) is 11.9 Å². The number of alkyl carbamates (subject to hydrolysis) is 1. The molecule has 0 aliphatic rings. The molecule has 0 fully saturated rings. The molecule has 2 amide bonds. The number of hydrogen-bond acceptors (Lipinski definition) is 6. The number of carbonyl (C=O) groups excluding carboxylic acids is 2. The first-order chi connectivity index (χ1) is 16.3. The summed E-state index contributed by atoms with van der Waals surface area (Å²) >= 11 is 0. The fourth-order valence-corrected chi connectivity index (χ4v) is 3.29. The predicted octanol–water partition coefficient (Wildman–Crippen LogP) is 2.39. The smallest absolute Gasteiger partial charge is 0.407 e. The average Bonchev–Trinajstić information content (AvgIpc) is 2.79. The lowest BCUT2D eigenvalue weighted by Crippen LogP contribution is -2.39. The Balaban J connectivity index is 1.56. The first kappa shape index (κ1) is 24.3. The van der Waals surface area contributed by atoms with Crippen LogP contribution in [0.3, 0.4) is 0 Å². The molecule has 6 N–H and O–H groups in total. The number of rotatable bonds is 9. The van der Waals surface area contributed by atoms with Crippen LogP contribution in [0.5, 0.6) is 0 Å². The topological polar surface area (TPSA) is 162 Å². The number of hydrogen-bond donors (Lipinski definition) is 4. The number of nitrogens with two attached hydrogens (primary N) is 2. The molecule has 1 heterocycles. The van der Waals surface area contributed by atoms with Crippen LogP contribution in [0.1, 0.15) is 24.0 Å². The number of carbonyl (C=O) groups is 2. The van der Waals surface area contributed by atoms with Crippen LogP contribution in [0.15, 0.2) is 68.8 Å². The summed E-state index contributed by atoms with van der Waals surface area (Å²) in [7, 11) is 0. The molecule has 0 bridgehead atoms. The van der Waals surface area contributed by atoms with Gasteiger partial charge in [-0.2, -0.15) is 0 Å². The van der Waals surface area contributed by atoms with E-state index in [9.17, 15) is 14.4 Å². The highest BCUT2D eigenvalue weighted by atomic mass is 16.5. The summed E-state index contributed by atoms with van der Waals surface area (Å²) in [6.45, 7) is 2.02. The standard InChI is InChI=1S/C24H27N5O5/c1-15-11-22(31)34-20-12-17(7-9-19(15)20)28-21(30)10-8-18(13-27-23(25)26)29-24(32)33-14-16-5-3-2-4-6-16/h2-7,9,11-12,18H,8,10,13-14H2,1H3,(H,28,30)(H,29,32)(H4,25,26,27)/t18-/m1/s1. The Morgan fingerprint density at radius 2 is 1.88 bits per heavy atom. The second kappa shape index (κ2) is 11.5. The SMILES string of the molecule is Cc1cc(=O)oc2cc(NC(=O)CC[C@H](CN=C(N)N)NC(=O)OCc3ccccc3)ccc12. The molecule has 0 radical (unpaired) electrons. The zero-order valence-corrected chi connectivity index (χ0v) is 18.7. The lowest BCUT2D eigenvalue weighted by molar-refractivity contribution is -0.116. The van der Waals surface area contributed by atoms with Crippen LogP contribution in [0.4, 0.5) is 10.5 Å². The van der Waals surface area contributed by atoms with E-state index >= 15 is 0 Å². The van der Waals surface area contributed by atoms with E-state index < -0.39 is 17.8 Å². The number of anilines is 1. The number of benzene rings is 2. The third-order valence-corrected chi connectivity index (χ3v) is 4.98. The van der Waals surface area contributed by atoms with Gasteiger partial charge in [-0.25, -0.2) is 9.59 Å². The van der Waals surface area contributed by atoms with Crippen molar-refractivity contribution < 1.29 is 18.7 Å². The van der Waals surface area contributed by atoms with Crippen molar-refractivity contribution in [2.24, 2.45) is 16.5 Å². The number of nitrogens with zero attached hydrogens (tertiary/aromatic N) is 1. The Hall–Kier alpha value is -4.34. The van der Waals surface area contributed by atoms with Gasteiger partial charge in [0.1, 0.15) is 12.2 Å². The first-order valence-corrected chi connectivity index (χ1v) is 10.7. The van der Waals surface area contributed by atoms with Crippen LogP contribution in [-0.2, 0) is 16.1 Å². The van der Waals surface area contributed by atoms with E-state index in [0.717, 1.165) is 16.5 Å². The van der Waals surface area contributed by atoms with Crippen LogP contribution in [-0.4, -0.2) is 30.5 Å². The summed E-state index contributed by atoms with van der Waals surface area (Å²) in [6.07, 6.45) is -0.287. The molecular formula is C24H27N5O5. The maximum absolute atomic E-state index is 12.5. The molecule has 0 aliphatic heterocycles. The van der Waals surface area contributed by atoms with Crippen molar-refractivity contribution in [3.05, 3.63) is 76.1 Å². The van der Waals surface area contributed by atoms with Crippen LogP contribution in [0.2, 0.25) is 0 Å². The minimum Gasteiger partial charge on any atom is -0.445 e. The van der Waals surface area contributed by atoms with Crippen LogP contribution in [0.25, 0.3) is 11.0 Å². The average molecular weight is 466 g/mol. The molecule has 3 rings (SSSR count). The molecule has 34 heavy (non-hydrogen) atoms. The number of aliphatic imine (C=N–C) groups is 1. The summed E-state index contributed by atoms with van der Waals surface area (Å²) in [5, 5.41) is 6.24. The number of nitrogens with one attached hydrogen (secondary N) is 2. The molecule has 0 unspecified atom stereocenters. The van der Waals surface area contributed by atoms with Crippen LogP contribution >= 0.6 is 0 Å². The lowest BCUT2D eigenvalue weighted by atomic mass is 10.1. The molecule has 178 valence electrons. The van der Waals surface area contributed by atoms with Gasteiger partial charge in [-0.3, -0.25) is 9.79 Å². The van der Waals surface area contributed by atoms with Gasteiger partial charge in [-0.1, -0.05) is 30.3 Å². The largest absolute Gasteiger partial charge is 0.445 e. The predicted molar refractivity (Wildman–Crippen MR) is 129 cm³/mol. The van der Waals surface area contributed by atoms with Crippen LogP contribution < -0.4 is 27.7 Å². The van der Waals surface area contributed by atoms with Gasteiger partial charge in [0, 0.05) is 29.6 Å². The zero-order valence-electron chi connectivity index (χ0n) is 18.7. The summed E-state index contributed by atoms with van der Waals surface area (Å²) < 4.78 is 10.4. The van der Waals surface area contributed by atoms with E-state index in [2.05, 4.69) is 15.6 Å². The van der Waals surface area contributed by atoms with Crippen molar-refractivity contribution in [2.45, 2.75) is 32.4 Å². The molecule has 10 heteroatoms. The Kier molecular flexibility index (Phi) is 8.22. The molecule has 2 aromatic carbocycles. The number of guanidine groups is 1. The highest BCUT2D eigenvalue weighted by Crippen LogP contribution is 2.21. The third kappa shape index (κ3) is 7.37. The fourth-order valence-electron chi connectivity index (χ4n) is 3.29. The first-order valence-electron chi connectivity index (χ1n) is 10.7. The zero-order chi connectivity index (χ0) is 24.5. The highest BCUT2D eigenvalue weighted by molar-refractivity contribution is 5.93.